The van der Waals surface area contributed by atoms with Crippen LogP contribution in [0.2, 0.25) is 0 Å². The van der Waals surface area contributed by atoms with E-state index < -0.39 is 0 Å². The molecule has 0 radical (unpaired) electrons. The summed E-state index contributed by atoms with van der Waals surface area (Å²) < 4.78 is 0. The van der Waals surface area contributed by atoms with Crippen LogP contribution in [0.1, 0.15) is 52.4 Å². The molecular formula is C9H18. The lowest BCUT2D eigenvalue weighted by atomic mass is 9.74. The van der Waals surface area contributed by atoms with E-state index in [0.29, 0.717) is 0 Å². The lowest BCUT2D eigenvalue weighted by Gasteiger charge is -2.32. The van der Waals surface area contributed by atoms with E-state index in [0.717, 1.165) is 5.41 Å². The Hall–Kier alpha value is 0. The van der Waals surface area contributed by atoms with E-state index in [1.54, 1.807) is 0 Å². The third-order valence-electron chi connectivity index (χ3n) is 2.91. The Bertz CT molecular complexity index is 78.0. The van der Waals surface area contributed by atoms with Gasteiger partial charge in [0.1, 0.15) is 0 Å². The molecule has 0 amide bonds. The van der Waals surface area contributed by atoms with E-state index in [4.69, 9.17) is 0 Å². The van der Waals surface area contributed by atoms with Crippen LogP contribution in [-0.4, -0.2) is 0 Å². The Morgan fingerprint density at radius 1 is 1.11 bits per heavy atom. The van der Waals surface area contributed by atoms with Gasteiger partial charge in [-0.3, -0.25) is 0 Å². The molecule has 0 nitrogen and oxygen atoms in total. The second kappa shape index (κ2) is 2.72. The molecule has 1 aliphatic carbocycles. The van der Waals surface area contributed by atoms with Gasteiger partial charge in [-0.05, 0) is 18.3 Å². The van der Waals surface area contributed by atoms with Crippen molar-refractivity contribution in [1.82, 2.24) is 0 Å². The average molecular weight is 126 g/mol. The molecule has 0 atom stereocenters. The highest BCUT2D eigenvalue weighted by atomic mass is 14.3. The van der Waals surface area contributed by atoms with Gasteiger partial charge in [-0.15, -0.1) is 0 Å². The molecule has 0 spiro atoms. The van der Waals surface area contributed by atoms with Gasteiger partial charge in [0.25, 0.3) is 0 Å². The molecule has 0 aromatic rings. The number of hydrogen-bond acceptors (Lipinski definition) is 0. The molecule has 54 valence electrons. The molecule has 1 aliphatic rings. The summed E-state index contributed by atoms with van der Waals surface area (Å²) in [6.45, 7) is 4.76. The van der Waals surface area contributed by atoms with Crippen LogP contribution < -0.4 is 0 Å². The third-order valence-corrected chi connectivity index (χ3v) is 2.91. The fraction of sp³-hybridized carbons (Fsp3) is 1.00. The summed E-state index contributed by atoms with van der Waals surface area (Å²) in [7, 11) is 0. The van der Waals surface area contributed by atoms with Gasteiger partial charge in [0, 0.05) is 0 Å². The minimum absolute atomic E-state index is 0.720. The van der Waals surface area contributed by atoms with Crippen molar-refractivity contribution in [3.63, 3.8) is 0 Å². The zero-order chi connectivity index (χ0) is 6.74. The Balaban J connectivity index is 2.37. The predicted octanol–water partition coefficient (Wildman–Crippen LogP) is 3.37. The van der Waals surface area contributed by atoms with Crippen LogP contribution in [0.25, 0.3) is 0 Å². The fourth-order valence-corrected chi connectivity index (χ4v) is 1.76. The highest BCUT2D eigenvalue weighted by Crippen LogP contribution is 2.37. The van der Waals surface area contributed by atoms with E-state index in [-0.39, 0.29) is 0 Å². The molecule has 0 aliphatic heterocycles. The van der Waals surface area contributed by atoms with Crippen LogP contribution in [0.15, 0.2) is 0 Å². The van der Waals surface area contributed by atoms with Crippen LogP contribution >= 0.6 is 0 Å². The van der Waals surface area contributed by atoms with Crippen molar-refractivity contribution in [2.24, 2.45) is 5.41 Å². The summed E-state index contributed by atoms with van der Waals surface area (Å²) in [6.07, 6.45) is 8.77. The Labute approximate surface area is 58.7 Å². The minimum Gasteiger partial charge on any atom is -0.0649 e. The van der Waals surface area contributed by atoms with Crippen molar-refractivity contribution in [3.05, 3.63) is 0 Å². The molecule has 0 N–H and O–H groups in total. The lowest BCUT2D eigenvalue weighted by Crippen LogP contribution is -2.18. The first-order valence-corrected chi connectivity index (χ1v) is 4.27. The predicted molar refractivity (Wildman–Crippen MR) is 41.5 cm³/mol. The van der Waals surface area contributed by atoms with Crippen LogP contribution in [-0.2, 0) is 0 Å². The van der Waals surface area contributed by atoms with Gasteiger partial charge in [-0.2, -0.15) is 0 Å². The van der Waals surface area contributed by atoms with Gasteiger partial charge < -0.3 is 0 Å². The molecule has 1 fully saturated rings. The number of hydrogen-bond donors (Lipinski definition) is 0. The zero-order valence-corrected chi connectivity index (χ0v) is 6.74. The summed E-state index contributed by atoms with van der Waals surface area (Å²) in [5, 5.41) is 0. The zero-order valence-electron chi connectivity index (χ0n) is 6.74. The van der Waals surface area contributed by atoms with Gasteiger partial charge >= 0.3 is 0 Å². The van der Waals surface area contributed by atoms with Crippen LogP contribution in [0.5, 0.6) is 0 Å². The number of rotatable bonds is 1. The standard InChI is InChI=1S/C9H18/c1-3-9(2)7-5-4-6-8-9/h3-8H2,1-2H3. The first-order valence-electron chi connectivity index (χ1n) is 4.27. The monoisotopic (exact) mass is 126 g/mol. The first kappa shape index (κ1) is 7.11. The van der Waals surface area contributed by atoms with Gasteiger partial charge in [0.05, 0.1) is 0 Å². The van der Waals surface area contributed by atoms with Crippen molar-refractivity contribution < 1.29 is 0 Å². The highest BCUT2D eigenvalue weighted by molar-refractivity contribution is 4.76. The molecule has 9 heavy (non-hydrogen) atoms. The van der Waals surface area contributed by atoms with E-state index in [2.05, 4.69) is 13.8 Å². The summed E-state index contributed by atoms with van der Waals surface area (Å²) in [6, 6.07) is 0. The van der Waals surface area contributed by atoms with E-state index >= 15 is 0 Å². The summed E-state index contributed by atoms with van der Waals surface area (Å²) in [4.78, 5) is 0. The molecule has 0 bridgehead atoms. The summed E-state index contributed by atoms with van der Waals surface area (Å²) in [5.74, 6) is 0. The van der Waals surface area contributed by atoms with Gasteiger partial charge in [-0.25, -0.2) is 0 Å². The second-order valence-corrected chi connectivity index (χ2v) is 3.72. The maximum atomic E-state index is 2.44. The van der Waals surface area contributed by atoms with E-state index in [1.807, 2.05) is 0 Å². The maximum absolute atomic E-state index is 2.44. The molecule has 0 unspecified atom stereocenters. The maximum Gasteiger partial charge on any atom is -0.0328 e. The van der Waals surface area contributed by atoms with Crippen molar-refractivity contribution in [2.45, 2.75) is 52.4 Å². The van der Waals surface area contributed by atoms with Gasteiger partial charge in [-0.1, -0.05) is 39.5 Å². The van der Waals surface area contributed by atoms with Crippen LogP contribution in [0.4, 0.5) is 0 Å². The molecule has 0 heterocycles. The van der Waals surface area contributed by atoms with Crippen molar-refractivity contribution in [2.75, 3.05) is 0 Å². The molecule has 1 saturated carbocycles. The second-order valence-electron chi connectivity index (χ2n) is 3.72. The molecule has 0 saturated heterocycles. The summed E-state index contributed by atoms with van der Waals surface area (Å²) in [5.41, 5.74) is 0.720. The SMILES string of the molecule is CCC1(C)CCCCC1. The normalized spacial score (nSPS) is 26.0. The quantitative estimate of drug-likeness (QED) is 0.505. The molecule has 0 heteroatoms. The van der Waals surface area contributed by atoms with Crippen molar-refractivity contribution in [3.8, 4) is 0 Å². The Morgan fingerprint density at radius 2 is 1.67 bits per heavy atom. The topological polar surface area (TPSA) is 0 Å². The Kier molecular flexibility index (Phi) is 2.15. The average Bonchev–Trinajstić information content (AvgIpc) is 1.90. The lowest BCUT2D eigenvalue weighted by molar-refractivity contribution is 0.208. The Morgan fingerprint density at radius 3 is 2.00 bits per heavy atom. The molecular weight excluding hydrogens is 108 g/mol. The van der Waals surface area contributed by atoms with Crippen molar-refractivity contribution in [1.29, 1.82) is 0 Å². The molecule has 1 rings (SSSR count). The van der Waals surface area contributed by atoms with Gasteiger partial charge in [0.15, 0.2) is 0 Å². The smallest absolute Gasteiger partial charge is 0.0328 e. The van der Waals surface area contributed by atoms with E-state index in [9.17, 15) is 0 Å². The fourth-order valence-electron chi connectivity index (χ4n) is 1.76. The minimum atomic E-state index is 0.720. The third kappa shape index (κ3) is 1.70. The van der Waals surface area contributed by atoms with Crippen LogP contribution in [0, 0.1) is 5.41 Å². The van der Waals surface area contributed by atoms with Gasteiger partial charge in [0.2, 0.25) is 0 Å². The molecule has 0 aromatic heterocycles. The van der Waals surface area contributed by atoms with Crippen LogP contribution in [0.3, 0.4) is 0 Å². The van der Waals surface area contributed by atoms with Crippen molar-refractivity contribution >= 4 is 0 Å². The first-order chi connectivity index (χ1) is 4.27. The highest BCUT2D eigenvalue weighted by Gasteiger charge is 2.23. The summed E-state index contributed by atoms with van der Waals surface area (Å²) >= 11 is 0. The van der Waals surface area contributed by atoms with E-state index in [1.165, 1.54) is 38.5 Å². The molecule has 0 aromatic carbocycles. The largest absolute Gasteiger partial charge is 0.0649 e.